The molecule has 6 nitrogen and oxygen atoms in total. The second kappa shape index (κ2) is 5.19. The second-order valence-electron chi connectivity index (χ2n) is 5.84. The molecule has 0 N–H and O–H groups in total. The number of carbonyl (C=O) groups excluding carboxylic acids is 1. The van der Waals surface area contributed by atoms with Gasteiger partial charge in [0.15, 0.2) is 0 Å². The molecule has 0 spiro atoms. The summed E-state index contributed by atoms with van der Waals surface area (Å²) in [5.74, 6) is 1.83. The highest BCUT2D eigenvalue weighted by Gasteiger charge is 2.42. The first kappa shape index (κ1) is 13.4. The van der Waals surface area contributed by atoms with Gasteiger partial charge in [-0.2, -0.15) is 0 Å². The van der Waals surface area contributed by atoms with Gasteiger partial charge in [0.1, 0.15) is 18.2 Å². The Morgan fingerprint density at radius 1 is 1.32 bits per heavy atom. The fourth-order valence-electron chi connectivity index (χ4n) is 3.44. The lowest BCUT2D eigenvalue weighted by atomic mass is 10.2. The van der Waals surface area contributed by atoms with Crippen molar-refractivity contribution in [3.63, 3.8) is 0 Å². The number of para-hydroxylation sites is 2. The predicted octanol–water partition coefficient (Wildman–Crippen LogP) is 1.42. The molecular weight excluding hydrogens is 280 g/mol. The maximum absolute atomic E-state index is 12.8. The summed E-state index contributed by atoms with van der Waals surface area (Å²) < 4.78 is 5.79. The fourth-order valence-corrected chi connectivity index (χ4v) is 3.44. The van der Waals surface area contributed by atoms with Crippen molar-refractivity contribution >= 4 is 17.6 Å². The fraction of sp³-hybridized carbons (Fsp3) is 0.500. The minimum absolute atomic E-state index is 0.0615. The standard InChI is InChI=1S/C16H20N4O2/c1-2-18-8-7-17-15(18)10-19-9-12-11-22-14-6-4-3-5-13(14)20(12)16(19)21/h3-6,12H,2,7-11H2,1H3. The van der Waals surface area contributed by atoms with Crippen LogP contribution in [0.1, 0.15) is 6.92 Å². The summed E-state index contributed by atoms with van der Waals surface area (Å²) in [6.45, 7) is 6.73. The number of nitrogens with zero attached hydrogens (tertiary/aromatic N) is 4. The average Bonchev–Trinajstić information content (AvgIpc) is 3.12. The summed E-state index contributed by atoms with van der Waals surface area (Å²) in [4.78, 5) is 23.4. The number of carbonyl (C=O) groups is 1. The van der Waals surface area contributed by atoms with Crippen LogP contribution in [0.4, 0.5) is 10.5 Å². The van der Waals surface area contributed by atoms with Crippen molar-refractivity contribution < 1.29 is 9.53 Å². The molecule has 3 heterocycles. The van der Waals surface area contributed by atoms with Gasteiger partial charge in [-0.15, -0.1) is 0 Å². The van der Waals surface area contributed by atoms with Gasteiger partial charge >= 0.3 is 6.03 Å². The number of amidine groups is 1. The SMILES string of the molecule is CCN1CCN=C1CN1CC2COc3ccccc3N2C1=O. The Morgan fingerprint density at radius 3 is 3.05 bits per heavy atom. The quantitative estimate of drug-likeness (QED) is 0.848. The van der Waals surface area contributed by atoms with Crippen LogP contribution in [0.5, 0.6) is 5.75 Å². The van der Waals surface area contributed by atoms with Crippen LogP contribution in [0, 0.1) is 0 Å². The highest BCUT2D eigenvalue weighted by atomic mass is 16.5. The van der Waals surface area contributed by atoms with E-state index in [0.717, 1.165) is 36.9 Å². The molecule has 116 valence electrons. The van der Waals surface area contributed by atoms with E-state index in [1.807, 2.05) is 34.1 Å². The minimum atomic E-state index is 0.0615. The maximum Gasteiger partial charge on any atom is 0.325 e. The number of rotatable bonds is 3. The van der Waals surface area contributed by atoms with Crippen LogP contribution in [-0.4, -0.2) is 67.0 Å². The molecule has 3 aliphatic rings. The largest absolute Gasteiger partial charge is 0.489 e. The van der Waals surface area contributed by atoms with E-state index < -0.39 is 0 Å². The predicted molar refractivity (Wildman–Crippen MR) is 84.7 cm³/mol. The van der Waals surface area contributed by atoms with Crippen molar-refractivity contribution in [3.05, 3.63) is 24.3 Å². The molecule has 1 aromatic carbocycles. The van der Waals surface area contributed by atoms with Crippen molar-refractivity contribution in [1.29, 1.82) is 0 Å². The van der Waals surface area contributed by atoms with E-state index in [0.29, 0.717) is 19.7 Å². The van der Waals surface area contributed by atoms with Gasteiger partial charge < -0.3 is 14.5 Å². The molecule has 0 aliphatic carbocycles. The molecule has 0 radical (unpaired) electrons. The summed E-state index contributed by atoms with van der Waals surface area (Å²) in [6, 6.07) is 7.91. The lowest BCUT2D eigenvalue weighted by molar-refractivity contribution is 0.225. The first-order valence-corrected chi connectivity index (χ1v) is 7.86. The summed E-state index contributed by atoms with van der Waals surface area (Å²) in [5.41, 5.74) is 0.881. The van der Waals surface area contributed by atoms with E-state index in [4.69, 9.17) is 4.74 Å². The van der Waals surface area contributed by atoms with E-state index in [9.17, 15) is 4.79 Å². The third kappa shape index (κ3) is 2.01. The zero-order chi connectivity index (χ0) is 15.1. The Morgan fingerprint density at radius 2 is 2.18 bits per heavy atom. The zero-order valence-corrected chi connectivity index (χ0v) is 12.7. The van der Waals surface area contributed by atoms with Crippen molar-refractivity contribution in [2.24, 2.45) is 4.99 Å². The topological polar surface area (TPSA) is 48.4 Å². The van der Waals surface area contributed by atoms with Gasteiger partial charge in [0.05, 0.1) is 24.8 Å². The maximum atomic E-state index is 12.8. The van der Waals surface area contributed by atoms with Crippen LogP contribution in [0.25, 0.3) is 0 Å². The number of likely N-dealkylation sites (N-methyl/N-ethyl adjacent to an activating group) is 1. The smallest absolute Gasteiger partial charge is 0.325 e. The number of hydrogen-bond donors (Lipinski definition) is 0. The van der Waals surface area contributed by atoms with E-state index in [-0.39, 0.29) is 12.1 Å². The van der Waals surface area contributed by atoms with Gasteiger partial charge in [-0.05, 0) is 19.1 Å². The molecule has 2 amide bonds. The molecule has 0 saturated carbocycles. The van der Waals surface area contributed by atoms with Crippen LogP contribution in [0.3, 0.4) is 0 Å². The third-order valence-corrected chi connectivity index (χ3v) is 4.57. The molecule has 3 aliphatic heterocycles. The minimum Gasteiger partial charge on any atom is -0.489 e. The number of amides is 2. The molecule has 1 atom stereocenters. The van der Waals surface area contributed by atoms with E-state index in [1.165, 1.54) is 0 Å². The molecule has 22 heavy (non-hydrogen) atoms. The average molecular weight is 300 g/mol. The molecule has 0 aromatic heterocycles. The van der Waals surface area contributed by atoms with Crippen molar-refractivity contribution in [1.82, 2.24) is 9.80 Å². The van der Waals surface area contributed by atoms with Crippen LogP contribution < -0.4 is 9.64 Å². The number of hydrogen-bond acceptors (Lipinski definition) is 4. The molecular formula is C16H20N4O2. The van der Waals surface area contributed by atoms with Crippen LogP contribution in [-0.2, 0) is 0 Å². The summed E-state index contributed by atoms with van der Waals surface area (Å²) in [6.07, 6.45) is 0. The molecule has 1 unspecified atom stereocenters. The third-order valence-electron chi connectivity index (χ3n) is 4.57. The summed E-state index contributed by atoms with van der Waals surface area (Å²) >= 11 is 0. The molecule has 0 bridgehead atoms. The number of ether oxygens (including phenoxy) is 1. The van der Waals surface area contributed by atoms with Crippen molar-refractivity contribution in [2.45, 2.75) is 13.0 Å². The van der Waals surface area contributed by atoms with Crippen molar-refractivity contribution in [2.75, 3.05) is 44.2 Å². The normalized spacial score (nSPS) is 23.3. The Hall–Kier alpha value is -2.24. The Bertz CT molecular complexity index is 630. The first-order chi connectivity index (χ1) is 10.8. The molecule has 1 saturated heterocycles. The van der Waals surface area contributed by atoms with E-state index in [1.54, 1.807) is 0 Å². The monoisotopic (exact) mass is 300 g/mol. The number of fused-ring (bicyclic) bond motifs is 3. The Labute approximate surface area is 130 Å². The highest BCUT2D eigenvalue weighted by molar-refractivity contribution is 5.99. The Kier molecular flexibility index (Phi) is 3.17. The van der Waals surface area contributed by atoms with Crippen molar-refractivity contribution in [3.8, 4) is 5.75 Å². The molecule has 1 fully saturated rings. The van der Waals surface area contributed by atoms with Crippen LogP contribution >= 0.6 is 0 Å². The van der Waals surface area contributed by atoms with Gasteiger partial charge in [-0.1, -0.05) is 12.1 Å². The summed E-state index contributed by atoms with van der Waals surface area (Å²) in [5, 5.41) is 0. The van der Waals surface area contributed by atoms with Crippen LogP contribution in [0.15, 0.2) is 29.3 Å². The van der Waals surface area contributed by atoms with E-state index in [2.05, 4.69) is 16.8 Å². The summed E-state index contributed by atoms with van der Waals surface area (Å²) in [7, 11) is 0. The number of aliphatic imine (C=N–C) groups is 1. The van der Waals surface area contributed by atoms with E-state index >= 15 is 0 Å². The molecule has 4 rings (SSSR count). The molecule has 1 aromatic rings. The Balaban J connectivity index is 1.56. The van der Waals surface area contributed by atoms with Crippen LogP contribution in [0.2, 0.25) is 0 Å². The number of benzene rings is 1. The van der Waals surface area contributed by atoms with Gasteiger partial charge in [-0.25, -0.2) is 4.79 Å². The van der Waals surface area contributed by atoms with Gasteiger partial charge in [0.2, 0.25) is 0 Å². The first-order valence-electron chi connectivity index (χ1n) is 7.86. The second-order valence-corrected chi connectivity index (χ2v) is 5.84. The zero-order valence-electron chi connectivity index (χ0n) is 12.7. The van der Waals surface area contributed by atoms with Gasteiger partial charge in [0.25, 0.3) is 0 Å². The van der Waals surface area contributed by atoms with Gasteiger partial charge in [-0.3, -0.25) is 9.89 Å². The number of urea groups is 1. The lowest BCUT2D eigenvalue weighted by Gasteiger charge is -2.30. The van der Waals surface area contributed by atoms with Gasteiger partial charge in [0, 0.05) is 19.6 Å². The highest BCUT2D eigenvalue weighted by Crippen LogP contribution is 2.37. The number of anilines is 1. The lowest BCUT2D eigenvalue weighted by Crippen LogP contribution is -2.42. The molecule has 6 heteroatoms.